The van der Waals surface area contributed by atoms with Gasteiger partial charge in [0, 0.05) is 17.9 Å². The summed E-state index contributed by atoms with van der Waals surface area (Å²) >= 11 is 7.44. The molecule has 0 saturated carbocycles. The molecule has 0 radical (unpaired) electrons. The second-order valence-corrected chi connectivity index (χ2v) is 9.55. The van der Waals surface area contributed by atoms with Crippen LogP contribution in [0.25, 0.3) is 0 Å². The summed E-state index contributed by atoms with van der Waals surface area (Å²) in [6, 6.07) is 18.7. The minimum atomic E-state index is -1.10. The molecule has 1 unspecified atom stereocenters. The Labute approximate surface area is 207 Å². The molecule has 8 heteroatoms. The van der Waals surface area contributed by atoms with Gasteiger partial charge in [-0.2, -0.15) is 5.26 Å². The van der Waals surface area contributed by atoms with Gasteiger partial charge in [0.25, 0.3) is 0 Å². The number of carboxylic acid groups (broad SMARTS) is 1. The Balaban J connectivity index is 1.38. The number of halogens is 1. The molecule has 1 amide bonds. The smallest absolute Gasteiger partial charge is 0.335 e. The summed E-state index contributed by atoms with van der Waals surface area (Å²) in [6.45, 7) is 0. The number of carbonyl (C=O) groups is 2. The highest BCUT2D eigenvalue weighted by molar-refractivity contribution is 7.99. The number of aromatic carboxylic acids is 1. The van der Waals surface area contributed by atoms with Crippen LogP contribution in [0.15, 0.2) is 59.6 Å². The number of aryl methyl sites for hydroxylation is 1. The average molecular weight is 492 g/mol. The highest BCUT2D eigenvalue weighted by Gasteiger charge is 2.23. The van der Waals surface area contributed by atoms with Gasteiger partial charge in [-0.25, -0.2) is 9.78 Å². The number of benzene rings is 2. The Morgan fingerprint density at radius 3 is 2.74 bits per heavy atom. The van der Waals surface area contributed by atoms with Gasteiger partial charge >= 0.3 is 5.97 Å². The lowest BCUT2D eigenvalue weighted by atomic mass is 9.82. The number of nitrogens with zero attached hydrogens (tertiary/aromatic N) is 2. The summed E-state index contributed by atoms with van der Waals surface area (Å²) in [4.78, 5) is 28.3. The Morgan fingerprint density at radius 1 is 1.21 bits per heavy atom. The molecular weight excluding hydrogens is 470 g/mol. The van der Waals surface area contributed by atoms with Gasteiger partial charge < -0.3 is 10.4 Å². The molecule has 2 aromatic carbocycles. The predicted octanol–water partition coefficient (Wildman–Crippen LogP) is 5.70. The molecule has 0 aliphatic heterocycles. The van der Waals surface area contributed by atoms with Crippen LogP contribution in [-0.4, -0.2) is 27.7 Å². The van der Waals surface area contributed by atoms with Crippen LogP contribution < -0.4 is 5.32 Å². The van der Waals surface area contributed by atoms with Crippen molar-refractivity contribution < 1.29 is 14.7 Å². The van der Waals surface area contributed by atoms with E-state index in [9.17, 15) is 14.9 Å². The number of amides is 1. The summed E-state index contributed by atoms with van der Waals surface area (Å²) in [6.07, 6.45) is 2.90. The molecule has 6 nitrogen and oxygen atoms in total. The van der Waals surface area contributed by atoms with Gasteiger partial charge in [0.1, 0.15) is 11.1 Å². The summed E-state index contributed by atoms with van der Waals surface area (Å²) in [7, 11) is 0. The van der Waals surface area contributed by atoms with E-state index in [-0.39, 0.29) is 28.6 Å². The molecule has 0 bridgehead atoms. The van der Waals surface area contributed by atoms with Gasteiger partial charge in [0.15, 0.2) is 0 Å². The van der Waals surface area contributed by atoms with Gasteiger partial charge in [-0.3, -0.25) is 4.79 Å². The zero-order valence-electron chi connectivity index (χ0n) is 18.3. The lowest BCUT2D eigenvalue weighted by molar-refractivity contribution is -0.115. The van der Waals surface area contributed by atoms with Crippen molar-refractivity contribution in [2.75, 3.05) is 11.1 Å². The van der Waals surface area contributed by atoms with Gasteiger partial charge in [0.05, 0.1) is 21.8 Å². The molecule has 2 N–H and O–H groups in total. The third-order valence-electron chi connectivity index (χ3n) is 5.80. The second kappa shape index (κ2) is 10.7. The van der Waals surface area contributed by atoms with Crippen LogP contribution in [0.4, 0.5) is 5.69 Å². The highest BCUT2D eigenvalue weighted by Crippen LogP contribution is 2.34. The molecule has 4 rings (SSSR count). The maximum absolute atomic E-state index is 12.4. The van der Waals surface area contributed by atoms with Crippen molar-refractivity contribution in [3.8, 4) is 6.07 Å². The minimum absolute atomic E-state index is 0.0421. The zero-order valence-corrected chi connectivity index (χ0v) is 19.8. The van der Waals surface area contributed by atoms with E-state index in [1.807, 2.05) is 12.1 Å². The van der Waals surface area contributed by atoms with Crippen molar-refractivity contribution in [3.05, 3.63) is 87.6 Å². The van der Waals surface area contributed by atoms with E-state index < -0.39 is 5.97 Å². The van der Waals surface area contributed by atoms with Crippen LogP contribution in [0, 0.1) is 11.3 Å². The van der Waals surface area contributed by atoms with Crippen molar-refractivity contribution in [2.45, 2.75) is 36.6 Å². The minimum Gasteiger partial charge on any atom is -0.478 e. The fraction of sp³-hybridized carbons (Fsp3) is 0.231. The van der Waals surface area contributed by atoms with E-state index in [0.29, 0.717) is 22.3 Å². The number of aromatic nitrogens is 1. The SMILES string of the molecule is N#Cc1cc2c(nc1SCCC(=O)Nc1cc(C(=O)O)ccc1Cl)CCC(c1ccccc1)C2. The number of hydrogen-bond donors (Lipinski definition) is 2. The number of anilines is 1. The number of hydrogen-bond acceptors (Lipinski definition) is 5. The number of pyridine rings is 1. The Hall–Kier alpha value is -3.34. The van der Waals surface area contributed by atoms with E-state index in [4.69, 9.17) is 21.7 Å². The van der Waals surface area contributed by atoms with Crippen molar-refractivity contribution in [3.63, 3.8) is 0 Å². The highest BCUT2D eigenvalue weighted by atomic mass is 35.5. The van der Waals surface area contributed by atoms with Crippen LogP contribution in [-0.2, 0) is 17.6 Å². The quantitative estimate of drug-likeness (QED) is 0.411. The first kappa shape index (κ1) is 23.8. The van der Waals surface area contributed by atoms with Crippen molar-refractivity contribution in [2.24, 2.45) is 0 Å². The molecule has 0 saturated heterocycles. The molecule has 0 spiro atoms. The molecule has 172 valence electrons. The van der Waals surface area contributed by atoms with Crippen LogP contribution in [0.1, 0.15) is 51.5 Å². The Morgan fingerprint density at radius 2 is 2.00 bits per heavy atom. The average Bonchev–Trinajstić information content (AvgIpc) is 2.85. The lowest BCUT2D eigenvalue weighted by Gasteiger charge is -2.25. The summed E-state index contributed by atoms with van der Waals surface area (Å²) < 4.78 is 0. The summed E-state index contributed by atoms with van der Waals surface area (Å²) in [5, 5.41) is 22.3. The summed E-state index contributed by atoms with van der Waals surface area (Å²) in [5.74, 6) is -0.537. The van der Waals surface area contributed by atoms with Crippen molar-refractivity contribution in [1.82, 2.24) is 4.98 Å². The molecule has 34 heavy (non-hydrogen) atoms. The van der Waals surface area contributed by atoms with Crippen LogP contribution >= 0.6 is 23.4 Å². The second-order valence-electron chi connectivity index (χ2n) is 8.06. The fourth-order valence-corrected chi connectivity index (χ4v) is 5.13. The number of thioether (sulfide) groups is 1. The van der Waals surface area contributed by atoms with Gasteiger partial charge in [-0.15, -0.1) is 11.8 Å². The number of carbonyl (C=O) groups excluding carboxylic acids is 1. The first-order chi connectivity index (χ1) is 16.4. The van der Waals surface area contributed by atoms with Gasteiger partial charge in [-0.05, 0) is 60.6 Å². The van der Waals surface area contributed by atoms with Crippen LogP contribution in [0.2, 0.25) is 5.02 Å². The Kier molecular flexibility index (Phi) is 7.51. The maximum Gasteiger partial charge on any atom is 0.335 e. The molecule has 1 atom stereocenters. The van der Waals surface area contributed by atoms with E-state index in [0.717, 1.165) is 30.5 Å². The van der Waals surface area contributed by atoms with Crippen LogP contribution in [0.5, 0.6) is 0 Å². The zero-order chi connectivity index (χ0) is 24.1. The molecule has 1 aliphatic carbocycles. The van der Waals surface area contributed by atoms with Crippen molar-refractivity contribution in [1.29, 1.82) is 5.26 Å². The maximum atomic E-state index is 12.4. The largest absolute Gasteiger partial charge is 0.478 e. The van der Waals surface area contributed by atoms with E-state index in [1.165, 1.54) is 35.5 Å². The lowest BCUT2D eigenvalue weighted by Crippen LogP contribution is -2.15. The van der Waals surface area contributed by atoms with E-state index >= 15 is 0 Å². The number of carboxylic acids is 1. The molecule has 3 aromatic rings. The first-order valence-electron chi connectivity index (χ1n) is 10.9. The normalized spacial score (nSPS) is 14.6. The van der Waals surface area contributed by atoms with Gasteiger partial charge in [-0.1, -0.05) is 41.9 Å². The van der Waals surface area contributed by atoms with E-state index in [1.54, 1.807) is 0 Å². The summed E-state index contributed by atoms with van der Waals surface area (Å²) in [5.41, 5.74) is 4.27. The molecule has 1 heterocycles. The fourth-order valence-electron chi connectivity index (χ4n) is 4.05. The third kappa shape index (κ3) is 5.58. The topological polar surface area (TPSA) is 103 Å². The molecule has 1 aliphatic rings. The number of nitriles is 1. The first-order valence-corrected chi connectivity index (χ1v) is 12.2. The monoisotopic (exact) mass is 491 g/mol. The number of rotatable bonds is 7. The standard InChI is InChI=1S/C26H22ClN3O3S/c27-21-8-6-18(26(32)33)14-23(21)29-24(31)10-11-34-25-20(15-28)13-19-12-17(7-9-22(19)30-25)16-4-2-1-3-5-16/h1-6,8,13-14,17H,7,9-12H2,(H,29,31)(H,32,33). The Bertz CT molecular complexity index is 1270. The third-order valence-corrected chi connectivity index (χ3v) is 7.12. The van der Waals surface area contributed by atoms with Crippen molar-refractivity contribution >= 4 is 40.9 Å². The van der Waals surface area contributed by atoms with E-state index in [2.05, 4.69) is 35.7 Å². The number of nitrogens with one attached hydrogen (secondary N) is 1. The predicted molar refractivity (Wildman–Crippen MR) is 133 cm³/mol. The number of fused-ring (bicyclic) bond motifs is 1. The molecule has 1 aromatic heterocycles. The van der Waals surface area contributed by atoms with Gasteiger partial charge in [0.2, 0.25) is 5.91 Å². The van der Waals surface area contributed by atoms with Crippen LogP contribution in [0.3, 0.4) is 0 Å². The molecular formula is C26H22ClN3O3S. The molecule has 0 fully saturated rings.